The summed E-state index contributed by atoms with van der Waals surface area (Å²) in [6, 6.07) is 12.0. The predicted octanol–water partition coefficient (Wildman–Crippen LogP) is 2.61. The van der Waals surface area contributed by atoms with Gasteiger partial charge in [0, 0.05) is 44.6 Å². The number of amides is 1. The maximum atomic E-state index is 13.0. The summed E-state index contributed by atoms with van der Waals surface area (Å²) >= 11 is 0. The van der Waals surface area contributed by atoms with E-state index >= 15 is 0 Å². The summed E-state index contributed by atoms with van der Waals surface area (Å²) in [6.45, 7) is 4.61. The maximum absolute atomic E-state index is 13.0. The molecule has 0 aliphatic carbocycles. The van der Waals surface area contributed by atoms with Crippen LogP contribution < -0.4 is 4.90 Å². The molecule has 0 spiro atoms. The summed E-state index contributed by atoms with van der Waals surface area (Å²) in [7, 11) is 0. The number of carbonyl (C=O) groups is 1. The largest absolute Gasteiger partial charge is 0.353 e. The molecule has 1 saturated heterocycles. The number of carbonyl (C=O) groups excluding carboxylic acids is 1. The van der Waals surface area contributed by atoms with Gasteiger partial charge in [0.1, 0.15) is 23.3 Å². The zero-order chi connectivity index (χ0) is 19.5. The average molecular weight is 379 g/mol. The van der Waals surface area contributed by atoms with Crippen molar-refractivity contribution in [3.8, 4) is 5.82 Å². The van der Waals surface area contributed by atoms with Crippen LogP contribution in [0.3, 0.4) is 0 Å². The monoisotopic (exact) mass is 379 g/mol. The molecule has 3 heterocycles. The van der Waals surface area contributed by atoms with E-state index in [-0.39, 0.29) is 11.7 Å². The first-order valence-electron chi connectivity index (χ1n) is 9.35. The predicted molar refractivity (Wildman–Crippen MR) is 105 cm³/mol. The summed E-state index contributed by atoms with van der Waals surface area (Å²) in [6.07, 6.45) is 4.21. The fraction of sp³-hybridized carbons (Fsp3) is 0.286. The lowest BCUT2D eigenvalue weighted by atomic mass is 10.1. The van der Waals surface area contributed by atoms with Gasteiger partial charge in [0.2, 0.25) is 5.91 Å². The zero-order valence-electron chi connectivity index (χ0n) is 15.8. The van der Waals surface area contributed by atoms with E-state index in [1.807, 2.05) is 47.0 Å². The number of aromatic nitrogens is 3. The van der Waals surface area contributed by atoms with Gasteiger partial charge in [0.05, 0.1) is 6.42 Å². The molecule has 0 bridgehead atoms. The molecule has 0 unspecified atom stereocenters. The highest BCUT2D eigenvalue weighted by atomic mass is 19.1. The number of piperazine rings is 1. The summed E-state index contributed by atoms with van der Waals surface area (Å²) in [5.41, 5.74) is 0.830. The van der Waals surface area contributed by atoms with Crippen molar-refractivity contribution < 1.29 is 9.18 Å². The quantitative estimate of drug-likeness (QED) is 0.699. The van der Waals surface area contributed by atoms with Crippen molar-refractivity contribution in [2.45, 2.75) is 13.3 Å². The van der Waals surface area contributed by atoms with Gasteiger partial charge in [-0.05, 0) is 36.8 Å². The highest BCUT2D eigenvalue weighted by molar-refractivity contribution is 5.79. The van der Waals surface area contributed by atoms with E-state index < -0.39 is 0 Å². The second-order valence-electron chi connectivity index (χ2n) is 6.89. The maximum Gasteiger partial charge on any atom is 0.227 e. The first-order chi connectivity index (χ1) is 13.6. The van der Waals surface area contributed by atoms with Gasteiger partial charge in [0.15, 0.2) is 0 Å². The Hall–Kier alpha value is -3.22. The molecule has 4 rings (SSSR count). The molecule has 6 nitrogen and oxygen atoms in total. The molecule has 0 N–H and O–H groups in total. The fourth-order valence-electron chi connectivity index (χ4n) is 3.39. The average Bonchev–Trinajstić information content (AvgIpc) is 3.24. The topological polar surface area (TPSA) is 54.3 Å². The molecule has 7 heteroatoms. The molecular weight excluding hydrogens is 357 g/mol. The van der Waals surface area contributed by atoms with Crippen LogP contribution in [0.1, 0.15) is 11.4 Å². The van der Waals surface area contributed by atoms with Crippen LogP contribution in [0.4, 0.5) is 10.2 Å². The lowest BCUT2D eigenvalue weighted by Gasteiger charge is -2.35. The van der Waals surface area contributed by atoms with E-state index in [0.717, 1.165) is 36.1 Å². The van der Waals surface area contributed by atoms with Crippen LogP contribution in [-0.2, 0) is 11.2 Å². The van der Waals surface area contributed by atoms with Crippen LogP contribution in [0.25, 0.3) is 5.82 Å². The highest BCUT2D eigenvalue weighted by Gasteiger charge is 2.22. The fourth-order valence-corrected chi connectivity index (χ4v) is 3.39. The smallest absolute Gasteiger partial charge is 0.227 e. The first-order valence-corrected chi connectivity index (χ1v) is 9.35. The van der Waals surface area contributed by atoms with Gasteiger partial charge in [-0.2, -0.15) is 0 Å². The van der Waals surface area contributed by atoms with Crippen molar-refractivity contribution in [3.05, 3.63) is 72.1 Å². The van der Waals surface area contributed by atoms with Gasteiger partial charge >= 0.3 is 0 Å². The normalized spacial score (nSPS) is 14.4. The molecule has 28 heavy (non-hydrogen) atoms. The molecule has 2 aromatic heterocycles. The molecule has 1 amide bonds. The second kappa shape index (κ2) is 7.80. The molecule has 1 aliphatic rings. The molecule has 0 atom stereocenters. The Morgan fingerprint density at radius 2 is 1.64 bits per heavy atom. The van der Waals surface area contributed by atoms with Crippen molar-refractivity contribution in [1.29, 1.82) is 0 Å². The third-order valence-corrected chi connectivity index (χ3v) is 4.90. The molecule has 0 radical (unpaired) electrons. The number of benzene rings is 1. The lowest BCUT2D eigenvalue weighted by Crippen LogP contribution is -2.49. The Morgan fingerprint density at radius 3 is 2.32 bits per heavy atom. The molecular formula is C21H22FN5O. The Balaban J connectivity index is 1.40. The van der Waals surface area contributed by atoms with Gasteiger partial charge < -0.3 is 14.4 Å². The summed E-state index contributed by atoms with van der Waals surface area (Å²) < 4.78 is 15.0. The lowest BCUT2D eigenvalue weighted by molar-refractivity contribution is -0.130. The molecule has 144 valence electrons. The van der Waals surface area contributed by atoms with E-state index in [4.69, 9.17) is 0 Å². The van der Waals surface area contributed by atoms with Crippen molar-refractivity contribution in [3.63, 3.8) is 0 Å². The van der Waals surface area contributed by atoms with Crippen LogP contribution in [0, 0.1) is 12.7 Å². The summed E-state index contributed by atoms with van der Waals surface area (Å²) in [5, 5.41) is 0. The summed E-state index contributed by atoms with van der Waals surface area (Å²) in [4.78, 5) is 25.7. The van der Waals surface area contributed by atoms with Crippen LogP contribution in [0.5, 0.6) is 0 Å². The van der Waals surface area contributed by atoms with Crippen molar-refractivity contribution in [1.82, 2.24) is 19.4 Å². The minimum atomic E-state index is -0.288. The third-order valence-electron chi connectivity index (χ3n) is 4.90. The van der Waals surface area contributed by atoms with Crippen molar-refractivity contribution in [2.75, 3.05) is 31.1 Å². The minimum absolute atomic E-state index is 0.0677. The van der Waals surface area contributed by atoms with Gasteiger partial charge in [-0.25, -0.2) is 14.4 Å². The zero-order valence-corrected chi connectivity index (χ0v) is 15.8. The van der Waals surface area contributed by atoms with Gasteiger partial charge in [-0.1, -0.05) is 12.1 Å². The number of halogens is 1. The first kappa shape index (κ1) is 18.2. The van der Waals surface area contributed by atoms with Crippen molar-refractivity contribution in [2.24, 2.45) is 0 Å². The van der Waals surface area contributed by atoms with Crippen LogP contribution >= 0.6 is 0 Å². The number of anilines is 1. The van der Waals surface area contributed by atoms with E-state index in [1.165, 1.54) is 12.1 Å². The standard InChI is InChI=1S/C21H22FN5O/c1-16-23-19(25-8-2-3-9-25)15-20(24-16)26-10-12-27(13-11-26)21(28)14-17-4-6-18(22)7-5-17/h2-9,15H,10-14H2,1H3. The SMILES string of the molecule is Cc1nc(N2CCN(C(=O)Cc3ccc(F)cc3)CC2)cc(-n2cccc2)n1. The Labute approximate surface area is 163 Å². The Bertz CT molecular complexity index is 947. The second-order valence-corrected chi connectivity index (χ2v) is 6.89. The molecule has 1 aliphatic heterocycles. The highest BCUT2D eigenvalue weighted by Crippen LogP contribution is 2.18. The van der Waals surface area contributed by atoms with Crippen LogP contribution in [0.2, 0.25) is 0 Å². The number of nitrogens with zero attached hydrogens (tertiary/aromatic N) is 5. The number of aryl methyl sites for hydroxylation is 1. The molecule has 1 fully saturated rings. The van der Waals surface area contributed by atoms with Crippen molar-refractivity contribution >= 4 is 11.7 Å². The Morgan fingerprint density at radius 1 is 1.00 bits per heavy atom. The molecule has 1 aromatic carbocycles. The number of rotatable bonds is 4. The molecule has 0 saturated carbocycles. The van der Waals surface area contributed by atoms with E-state index in [1.54, 1.807) is 12.1 Å². The van der Waals surface area contributed by atoms with Gasteiger partial charge in [-0.15, -0.1) is 0 Å². The number of hydrogen-bond donors (Lipinski definition) is 0. The van der Waals surface area contributed by atoms with Gasteiger partial charge in [0.25, 0.3) is 0 Å². The van der Waals surface area contributed by atoms with E-state index in [9.17, 15) is 9.18 Å². The third kappa shape index (κ3) is 4.03. The van der Waals surface area contributed by atoms with E-state index in [2.05, 4.69) is 14.9 Å². The van der Waals surface area contributed by atoms with Crippen LogP contribution in [-0.4, -0.2) is 51.5 Å². The summed E-state index contributed by atoms with van der Waals surface area (Å²) in [5.74, 6) is 2.21. The Kier molecular flexibility index (Phi) is 5.06. The number of hydrogen-bond acceptors (Lipinski definition) is 4. The van der Waals surface area contributed by atoms with E-state index in [0.29, 0.717) is 19.5 Å². The van der Waals surface area contributed by atoms with Crippen LogP contribution in [0.15, 0.2) is 54.9 Å². The molecule has 3 aromatic rings. The minimum Gasteiger partial charge on any atom is -0.353 e. The van der Waals surface area contributed by atoms with Gasteiger partial charge in [-0.3, -0.25) is 4.79 Å².